The van der Waals surface area contributed by atoms with E-state index in [9.17, 15) is 4.79 Å². The van der Waals surface area contributed by atoms with Crippen molar-refractivity contribution in [3.8, 4) is 11.3 Å². The van der Waals surface area contributed by atoms with Crippen molar-refractivity contribution in [1.82, 2.24) is 14.6 Å². The van der Waals surface area contributed by atoms with Crippen molar-refractivity contribution < 1.29 is 9.21 Å². The van der Waals surface area contributed by atoms with E-state index in [2.05, 4.69) is 10.1 Å². The Morgan fingerprint density at radius 1 is 1.10 bits per heavy atom. The van der Waals surface area contributed by atoms with Crippen molar-refractivity contribution in [1.29, 1.82) is 0 Å². The molecular formula is C23H20ClN3O2. The number of aromatic nitrogens is 3. The largest absolute Gasteiger partial charge is 0.472 e. The Balaban J connectivity index is 1.49. The molecular weight excluding hydrogens is 386 g/mol. The molecule has 5 nitrogen and oxygen atoms in total. The van der Waals surface area contributed by atoms with Gasteiger partial charge in [0, 0.05) is 10.6 Å². The number of fused-ring (bicyclic) bond motifs is 1. The third-order valence-corrected chi connectivity index (χ3v) is 6.18. The Hall–Kier alpha value is -2.92. The Morgan fingerprint density at radius 2 is 1.90 bits per heavy atom. The average Bonchev–Trinajstić information content (AvgIpc) is 3.48. The molecule has 0 aliphatic heterocycles. The van der Waals surface area contributed by atoms with Gasteiger partial charge in [0.1, 0.15) is 0 Å². The lowest BCUT2D eigenvalue weighted by atomic mass is 9.74. The molecule has 0 amide bonds. The van der Waals surface area contributed by atoms with Crippen LogP contribution in [0.2, 0.25) is 5.02 Å². The fourth-order valence-electron chi connectivity index (χ4n) is 4.44. The predicted octanol–water partition coefficient (Wildman–Crippen LogP) is 5.27. The highest BCUT2D eigenvalue weighted by atomic mass is 35.5. The van der Waals surface area contributed by atoms with Crippen LogP contribution in [0.4, 0.5) is 0 Å². The first kappa shape index (κ1) is 18.1. The van der Waals surface area contributed by atoms with E-state index in [1.165, 1.54) is 0 Å². The van der Waals surface area contributed by atoms with Gasteiger partial charge in [0.2, 0.25) is 0 Å². The fourth-order valence-corrected chi connectivity index (χ4v) is 4.57. The summed E-state index contributed by atoms with van der Waals surface area (Å²) in [5.74, 6) is 0.726. The van der Waals surface area contributed by atoms with E-state index < -0.39 is 5.41 Å². The Bertz CT molecular complexity index is 1160. The summed E-state index contributed by atoms with van der Waals surface area (Å²) >= 11 is 6.06. The van der Waals surface area contributed by atoms with Crippen LogP contribution in [-0.4, -0.2) is 20.4 Å². The lowest BCUT2D eigenvalue weighted by Gasteiger charge is -2.27. The summed E-state index contributed by atoms with van der Waals surface area (Å²) in [5, 5.41) is 5.32. The van der Waals surface area contributed by atoms with Crippen LogP contribution < -0.4 is 0 Å². The quantitative estimate of drug-likeness (QED) is 0.454. The van der Waals surface area contributed by atoms with Gasteiger partial charge in [-0.2, -0.15) is 5.10 Å². The van der Waals surface area contributed by atoms with E-state index in [0.29, 0.717) is 10.8 Å². The zero-order valence-corrected chi connectivity index (χ0v) is 16.6. The molecule has 1 fully saturated rings. The number of halogens is 1. The molecule has 0 spiro atoms. The summed E-state index contributed by atoms with van der Waals surface area (Å²) in [4.78, 5) is 18.1. The zero-order chi connectivity index (χ0) is 19.8. The maximum Gasteiger partial charge on any atom is 0.159 e. The van der Waals surface area contributed by atoms with E-state index in [-0.39, 0.29) is 12.2 Å². The number of carbonyl (C=O) groups is 1. The van der Waals surface area contributed by atoms with Gasteiger partial charge in [-0.15, -0.1) is 0 Å². The molecule has 5 rings (SSSR count). The van der Waals surface area contributed by atoms with Gasteiger partial charge in [-0.1, -0.05) is 42.6 Å². The summed E-state index contributed by atoms with van der Waals surface area (Å²) in [6.45, 7) is 0. The molecule has 29 heavy (non-hydrogen) atoms. The van der Waals surface area contributed by atoms with Gasteiger partial charge in [0.15, 0.2) is 17.3 Å². The third-order valence-electron chi connectivity index (χ3n) is 5.93. The average molecular weight is 406 g/mol. The van der Waals surface area contributed by atoms with E-state index in [1.807, 2.05) is 48.5 Å². The summed E-state index contributed by atoms with van der Waals surface area (Å²) < 4.78 is 6.98. The first-order chi connectivity index (χ1) is 14.2. The van der Waals surface area contributed by atoms with Crippen LogP contribution >= 0.6 is 11.6 Å². The number of furan rings is 1. The van der Waals surface area contributed by atoms with Gasteiger partial charge in [-0.3, -0.25) is 4.79 Å². The van der Waals surface area contributed by atoms with Gasteiger partial charge in [0.05, 0.1) is 30.1 Å². The summed E-state index contributed by atoms with van der Waals surface area (Å²) in [6.07, 6.45) is 7.35. The van der Waals surface area contributed by atoms with Crippen LogP contribution in [0.1, 0.15) is 37.1 Å². The molecule has 1 saturated carbocycles. The number of Topliss-reactive ketones (excluding diaryl/α,β-unsaturated/α-hetero) is 1. The molecule has 146 valence electrons. The van der Waals surface area contributed by atoms with Crippen LogP contribution in [0, 0.1) is 0 Å². The molecule has 1 aliphatic carbocycles. The van der Waals surface area contributed by atoms with E-state index in [0.717, 1.165) is 48.2 Å². The summed E-state index contributed by atoms with van der Waals surface area (Å²) in [5.41, 5.74) is 3.11. The number of hydrogen-bond donors (Lipinski definition) is 0. The molecule has 4 aromatic rings. The number of pyridine rings is 1. The predicted molar refractivity (Wildman–Crippen MR) is 111 cm³/mol. The van der Waals surface area contributed by atoms with E-state index in [4.69, 9.17) is 16.0 Å². The van der Waals surface area contributed by atoms with Crippen molar-refractivity contribution in [2.45, 2.75) is 37.5 Å². The molecule has 0 radical (unpaired) electrons. The molecule has 1 aliphatic rings. The Kier molecular flexibility index (Phi) is 4.47. The minimum absolute atomic E-state index is 0.179. The lowest BCUT2D eigenvalue weighted by Crippen LogP contribution is -2.34. The maximum atomic E-state index is 13.5. The molecule has 0 bridgehead atoms. The van der Waals surface area contributed by atoms with Crippen molar-refractivity contribution in [3.63, 3.8) is 0 Å². The highest BCUT2D eigenvalue weighted by molar-refractivity contribution is 6.30. The molecule has 0 atom stereocenters. The highest BCUT2D eigenvalue weighted by Gasteiger charge is 2.42. The van der Waals surface area contributed by atoms with Gasteiger partial charge in [0.25, 0.3) is 0 Å². The normalized spacial score (nSPS) is 15.8. The SMILES string of the molecule is O=C(Cc1nc2cccc(-c3ccoc3)n2n1)C1(c2ccc(Cl)cc2)CCCC1. The minimum atomic E-state index is -0.463. The number of nitrogens with zero attached hydrogens (tertiary/aromatic N) is 3. The topological polar surface area (TPSA) is 60.4 Å². The van der Waals surface area contributed by atoms with Crippen LogP contribution in [0.5, 0.6) is 0 Å². The van der Waals surface area contributed by atoms with Crippen molar-refractivity contribution in [2.24, 2.45) is 0 Å². The molecule has 0 N–H and O–H groups in total. The van der Waals surface area contributed by atoms with Gasteiger partial charge >= 0.3 is 0 Å². The van der Waals surface area contributed by atoms with Crippen molar-refractivity contribution in [2.75, 3.05) is 0 Å². The monoisotopic (exact) mass is 405 g/mol. The summed E-state index contributed by atoms with van der Waals surface area (Å²) in [7, 11) is 0. The molecule has 3 aromatic heterocycles. The maximum absolute atomic E-state index is 13.5. The van der Waals surface area contributed by atoms with Crippen molar-refractivity contribution in [3.05, 3.63) is 77.5 Å². The standard InChI is InChI=1S/C23H20ClN3O2/c24-18-8-6-17(7-9-18)23(11-1-2-12-23)20(28)14-21-25-22-5-3-4-19(27(22)26-21)16-10-13-29-15-16/h3-10,13,15H,1-2,11-12,14H2. The second kappa shape index (κ2) is 7.16. The van der Waals surface area contributed by atoms with E-state index >= 15 is 0 Å². The van der Waals surface area contributed by atoms with Gasteiger partial charge < -0.3 is 4.42 Å². The second-order valence-electron chi connectivity index (χ2n) is 7.62. The third kappa shape index (κ3) is 3.15. The lowest BCUT2D eigenvalue weighted by molar-refractivity contribution is -0.123. The number of rotatable bonds is 5. The Morgan fingerprint density at radius 3 is 2.62 bits per heavy atom. The first-order valence-electron chi connectivity index (χ1n) is 9.82. The molecule has 3 heterocycles. The molecule has 0 saturated heterocycles. The van der Waals surface area contributed by atoms with Crippen LogP contribution in [0.3, 0.4) is 0 Å². The number of hydrogen-bond acceptors (Lipinski definition) is 4. The number of benzene rings is 1. The Labute approximate surface area is 173 Å². The number of ketones is 1. The fraction of sp³-hybridized carbons (Fsp3) is 0.261. The van der Waals surface area contributed by atoms with Gasteiger partial charge in [-0.25, -0.2) is 9.50 Å². The van der Waals surface area contributed by atoms with Crippen molar-refractivity contribution >= 4 is 23.0 Å². The summed E-state index contributed by atoms with van der Waals surface area (Å²) in [6, 6.07) is 15.4. The first-order valence-corrected chi connectivity index (χ1v) is 10.2. The minimum Gasteiger partial charge on any atom is -0.472 e. The second-order valence-corrected chi connectivity index (χ2v) is 8.05. The molecule has 1 aromatic carbocycles. The van der Waals surface area contributed by atoms with Crippen LogP contribution in [-0.2, 0) is 16.6 Å². The zero-order valence-electron chi connectivity index (χ0n) is 15.8. The number of carbonyl (C=O) groups excluding carboxylic acids is 1. The van der Waals surface area contributed by atoms with E-state index in [1.54, 1.807) is 17.0 Å². The van der Waals surface area contributed by atoms with Gasteiger partial charge in [-0.05, 0) is 48.7 Å². The smallest absolute Gasteiger partial charge is 0.159 e. The van der Waals surface area contributed by atoms with Crippen LogP contribution in [0.15, 0.2) is 65.5 Å². The highest BCUT2D eigenvalue weighted by Crippen LogP contribution is 2.42. The molecule has 6 heteroatoms. The van der Waals surface area contributed by atoms with Crippen LogP contribution in [0.25, 0.3) is 16.9 Å². The molecule has 0 unspecified atom stereocenters.